The van der Waals surface area contributed by atoms with Crippen LogP contribution in [-0.4, -0.2) is 55.4 Å². The van der Waals surface area contributed by atoms with E-state index in [0.717, 1.165) is 38.2 Å². The first-order valence-electron chi connectivity index (χ1n) is 7.07. The number of ether oxygens (including phenoxy) is 1. The van der Waals surface area contributed by atoms with Gasteiger partial charge in [-0.15, -0.1) is 0 Å². The van der Waals surface area contributed by atoms with Gasteiger partial charge >= 0.3 is 0 Å². The molecule has 4 heteroatoms. The average molecular weight is 264 g/mol. The summed E-state index contributed by atoms with van der Waals surface area (Å²) in [6.45, 7) is 5.84. The molecule has 0 aromatic heterocycles. The van der Waals surface area contributed by atoms with Gasteiger partial charge in [0, 0.05) is 19.6 Å². The van der Waals surface area contributed by atoms with Crippen LogP contribution in [0, 0.1) is 0 Å². The Bertz CT molecular complexity index is 337. The molecule has 1 aromatic rings. The van der Waals surface area contributed by atoms with Crippen molar-refractivity contribution in [2.45, 2.75) is 19.1 Å². The van der Waals surface area contributed by atoms with Crippen molar-refractivity contribution in [2.75, 3.05) is 39.3 Å². The van der Waals surface area contributed by atoms with Crippen LogP contribution in [0.15, 0.2) is 30.3 Å². The highest BCUT2D eigenvalue weighted by Crippen LogP contribution is 2.02. The van der Waals surface area contributed by atoms with Crippen LogP contribution in [0.3, 0.4) is 0 Å². The molecule has 1 aliphatic rings. The topological polar surface area (TPSA) is 44.7 Å². The monoisotopic (exact) mass is 264 g/mol. The van der Waals surface area contributed by atoms with E-state index >= 15 is 0 Å². The number of benzene rings is 1. The first-order valence-corrected chi connectivity index (χ1v) is 7.07. The molecule has 1 fully saturated rings. The van der Waals surface area contributed by atoms with Gasteiger partial charge < -0.3 is 15.2 Å². The van der Waals surface area contributed by atoms with Crippen molar-refractivity contribution in [1.29, 1.82) is 0 Å². The van der Waals surface area contributed by atoms with Crippen molar-refractivity contribution in [3.63, 3.8) is 0 Å². The number of rotatable bonds is 6. The van der Waals surface area contributed by atoms with Crippen molar-refractivity contribution >= 4 is 0 Å². The lowest BCUT2D eigenvalue weighted by Crippen LogP contribution is -2.37. The lowest BCUT2D eigenvalue weighted by Gasteiger charge is -2.22. The molecule has 4 nitrogen and oxygen atoms in total. The van der Waals surface area contributed by atoms with Crippen molar-refractivity contribution < 1.29 is 9.84 Å². The van der Waals surface area contributed by atoms with Crippen molar-refractivity contribution in [3.8, 4) is 0 Å². The minimum Gasteiger partial charge on any atom is -0.389 e. The first kappa shape index (κ1) is 14.5. The van der Waals surface area contributed by atoms with Crippen LogP contribution in [0.25, 0.3) is 0 Å². The van der Waals surface area contributed by atoms with Crippen LogP contribution in [0.1, 0.15) is 12.0 Å². The Morgan fingerprint density at radius 3 is 2.89 bits per heavy atom. The van der Waals surface area contributed by atoms with E-state index in [1.165, 1.54) is 0 Å². The van der Waals surface area contributed by atoms with Crippen molar-refractivity contribution in [3.05, 3.63) is 35.9 Å². The third-order valence-electron chi connectivity index (χ3n) is 3.32. The molecule has 0 spiro atoms. The zero-order valence-corrected chi connectivity index (χ0v) is 11.4. The molecule has 1 heterocycles. The standard InChI is InChI=1S/C15H24N2O2/c18-15(11-17-9-4-7-16-8-10-17)13-19-12-14-5-2-1-3-6-14/h1-3,5-6,15-16,18H,4,7-13H2. The van der Waals surface area contributed by atoms with E-state index in [2.05, 4.69) is 10.2 Å². The summed E-state index contributed by atoms with van der Waals surface area (Å²) in [6, 6.07) is 10.1. The maximum Gasteiger partial charge on any atom is 0.0900 e. The summed E-state index contributed by atoms with van der Waals surface area (Å²) in [5, 5.41) is 13.3. The highest BCUT2D eigenvalue weighted by molar-refractivity contribution is 5.13. The largest absolute Gasteiger partial charge is 0.389 e. The van der Waals surface area contributed by atoms with E-state index in [1.54, 1.807) is 0 Å². The zero-order chi connectivity index (χ0) is 13.3. The summed E-state index contributed by atoms with van der Waals surface area (Å²) in [6.07, 6.45) is 0.749. The van der Waals surface area contributed by atoms with Gasteiger partial charge in [0.05, 0.1) is 19.3 Å². The lowest BCUT2D eigenvalue weighted by molar-refractivity contribution is 0.0109. The average Bonchev–Trinajstić information content (AvgIpc) is 2.68. The molecule has 0 amide bonds. The third kappa shape index (κ3) is 5.70. The first-order chi connectivity index (χ1) is 9.34. The van der Waals surface area contributed by atoms with Crippen LogP contribution in [0.5, 0.6) is 0 Å². The van der Waals surface area contributed by atoms with Gasteiger partial charge in [-0.1, -0.05) is 30.3 Å². The second-order valence-corrected chi connectivity index (χ2v) is 5.06. The summed E-state index contributed by atoms with van der Waals surface area (Å²) in [4.78, 5) is 2.30. The van der Waals surface area contributed by atoms with E-state index in [9.17, 15) is 5.11 Å². The maximum absolute atomic E-state index is 9.98. The summed E-state index contributed by atoms with van der Waals surface area (Å²) in [7, 11) is 0. The van der Waals surface area contributed by atoms with Crippen LogP contribution in [0.2, 0.25) is 0 Å². The Kier molecular flexibility index (Phi) is 6.30. The zero-order valence-electron chi connectivity index (χ0n) is 11.4. The molecule has 1 unspecified atom stereocenters. The summed E-state index contributed by atoms with van der Waals surface area (Å²) < 4.78 is 5.56. The Morgan fingerprint density at radius 2 is 2.05 bits per heavy atom. The van der Waals surface area contributed by atoms with E-state index in [1.807, 2.05) is 30.3 Å². The van der Waals surface area contributed by atoms with Crippen LogP contribution in [-0.2, 0) is 11.3 Å². The fraction of sp³-hybridized carbons (Fsp3) is 0.600. The molecule has 0 radical (unpaired) electrons. The van der Waals surface area contributed by atoms with Crippen LogP contribution >= 0.6 is 0 Å². The fourth-order valence-corrected chi connectivity index (χ4v) is 2.32. The van der Waals surface area contributed by atoms with Gasteiger partial charge in [0.1, 0.15) is 0 Å². The number of aliphatic hydroxyl groups is 1. The molecular formula is C15H24N2O2. The van der Waals surface area contributed by atoms with Gasteiger partial charge in [0.15, 0.2) is 0 Å². The minimum atomic E-state index is -0.401. The smallest absolute Gasteiger partial charge is 0.0900 e. The van der Waals surface area contributed by atoms with Gasteiger partial charge in [0.25, 0.3) is 0 Å². The quantitative estimate of drug-likeness (QED) is 0.800. The second kappa shape index (κ2) is 8.27. The highest BCUT2D eigenvalue weighted by Gasteiger charge is 2.13. The molecule has 0 saturated carbocycles. The van der Waals surface area contributed by atoms with Crippen molar-refractivity contribution in [2.24, 2.45) is 0 Å². The van der Waals surface area contributed by atoms with E-state index in [0.29, 0.717) is 19.8 Å². The maximum atomic E-state index is 9.98. The Morgan fingerprint density at radius 1 is 1.21 bits per heavy atom. The molecule has 1 aliphatic heterocycles. The number of hydrogen-bond donors (Lipinski definition) is 2. The Balaban J connectivity index is 1.62. The van der Waals surface area contributed by atoms with Gasteiger partial charge in [0.2, 0.25) is 0 Å². The minimum absolute atomic E-state index is 0.401. The number of hydrogen-bond acceptors (Lipinski definition) is 4. The molecule has 2 rings (SSSR count). The van der Waals surface area contributed by atoms with E-state index in [4.69, 9.17) is 4.74 Å². The molecule has 2 N–H and O–H groups in total. The van der Waals surface area contributed by atoms with E-state index < -0.39 is 6.10 Å². The third-order valence-corrected chi connectivity index (χ3v) is 3.32. The number of nitrogens with one attached hydrogen (secondary N) is 1. The second-order valence-electron chi connectivity index (χ2n) is 5.06. The van der Waals surface area contributed by atoms with Gasteiger partial charge in [-0.3, -0.25) is 4.90 Å². The molecule has 19 heavy (non-hydrogen) atoms. The van der Waals surface area contributed by atoms with Gasteiger partial charge in [-0.25, -0.2) is 0 Å². The predicted octanol–water partition coefficient (Wildman–Crippen LogP) is 0.859. The summed E-state index contributed by atoms with van der Waals surface area (Å²) >= 11 is 0. The number of β-amino-alcohol motifs (C(OH)–C–C–N with tert-alkyl or cyclic N) is 1. The molecule has 0 aliphatic carbocycles. The summed E-state index contributed by atoms with van der Waals surface area (Å²) in [5.74, 6) is 0. The Hall–Kier alpha value is -0.940. The normalized spacial score (nSPS) is 19.0. The molecule has 0 bridgehead atoms. The predicted molar refractivity (Wildman–Crippen MR) is 76.0 cm³/mol. The molecule has 106 valence electrons. The molecular weight excluding hydrogens is 240 g/mol. The van der Waals surface area contributed by atoms with Crippen LogP contribution in [0.4, 0.5) is 0 Å². The van der Waals surface area contributed by atoms with Crippen molar-refractivity contribution in [1.82, 2.24) is 10.2 Å². The highest BCUT2D eigenvalue weighted by atomic mass is 16.5. The summed E-state index contributed by atoms with van der Waals surface area (Å²) in [5.41, 5.74) is 1.15. The Labute approximate surface area is 115 Å². The SMILES string of the molecule is OC(COCc1ccccc1)CN1CCCNCC1. The van der Waals surface area contributed by atoms with Gasteiger partial charge in [-0.05, 0) is 25.1 Å². The lowest BCUT2D eigenvalue weighted by atomic mass is 10.2. The fourth-order valence-electron chi connectivity index (χ4n) is 2.32. The molecule has 1 atom stereocenters. The van der Waals surface area contributed by atoms with Crippen LogP contribution < -0.4 is 5.32 Å². The number of aliphatic hydroxyl groups excluding tert-OH is 1. The molecule has 1 saturated heterocycles. The van der Waals surface area contributed by atoms with Gasteiger partial charge in [-0.2, -0.15) is 0 Å². The van der Waals surface area contributed by atoms with E-state index in [-0.39, 0.29) is 0 Å². The molecule has 1 aromatic carbocycles. The number of nitrogens with zero attached hydrogens (tertiary/aromatic N) is 1.